The summed E-state index contributed by atoms with van der Waals surface area (Å²) in [5.41, 5.74) is 0. The highest BCUT2D eigenvalue weighted by molar-refractivity contribution is 6.70. The summed E-state index contributed by atoms with van der Waals surface area (Å²) >= 11 is 0. The molecule has 0 saturated heterocycles. The molecule has 78 valence electrons. The Morgan fingerprint density at radius 3 is 1.92 bits per heavy atom. The molecule has 0 atom stereocenters. The van der Waals surface area contributed by atoms with Gasteiger partial charge in [0.1, 0.15) is 0 Å². The fourth-order valence-corrected chi connectivity index (χ4v) is 2.41. The molecule has 0 fully saturated rings. The van der Waals surface area contributed by atoms with Crippen LogP contribution in [0.25, 0.3) is 0 Å². The van der Waals surface area contributed by atoms with E-state index in [0.29, 0.717) is 5.92 Å². The molecule has 0 N–H and O–H groups in total. The fraction of sp³-hybridized carbons (Fsp3) is 0.818. The zero-order chi connectivity index (χ0) is 10.5. The van der Waals surface area contributed by atoms with Crippen LogP contribution in [0, 0.1) is 5.92 Å². The predicted molar refractivity (Wildman–Crippen MR) is 62.3 cm³/mol. The highest BCUT2D eigenvalue weighted by Gasteiger charge is 2.20. The second-order valence-corrected chi connectivity index (χ2v) is 8.85. The van der Waals surface area contributed by atoms with E-state index in [9.17, 15) is 0 Å². The summed E-state index contributed by atoms with van der Waals surface area (Å²) in [4.78, 5) is 0. The maximum absolute atomic E-state index is 6.03. The molecule has 0 aliphatic carbocycles. The molecule has 0 aliphatic heterocycles. The molecular formula is C11H24OSi. The topological polar surface area (TPSA) is 9.23 Å². The van der Waals surface area contributed by atoms with E-state index < -0.39 is 8.32 Å². The molecular weight excluding hydrogens is 176 g/mol. The Hall–Kier alpha value is -0.243. The maximum atomic E-state index is 6.03. The van der Waals surface area contributed by atoms with Gasteiger partial charge in [-0.3, -0.25) is 0 Å². The summed E-state index contributed by atoms with van der Waals surface area (Å²) in [5, 5.41) is 0. The van der Waals surface area contributed by atoms with Crippen LogP contribution in [0.3, 0.4) is 0 Å². The van der Waals surface area contributed by atoms with Gasteiger partial charge in [-0.2, -0.15) is 0 Å². The average Bonchev–Trinajstić information content (AvgIpc) is 2.02. The molecule has 13 heavy (non-hydrogen) atoms. The smallest absolute Gasteiger partial charge is 0.241 e. The Labute approximate surface area is 84.3 Å². The Kier molecular flexibility index (Phi) is 5.38. The first kappa shape index (κ1) is 12.8. The summed E-state index contributed by atoms with van der Waals surface area (Å²) in [6.45, 7) is 13.2. The molecule has 0 unspecified atom stereocenters. The normalized spacial score (nSPS) is 13.6. The van der Waals surface area contributed by atoms with Crippen LogP contribution in [0.5, 0.6) is 0 Å². The van der Waals surface area contributed by atoms with E-state index >= 15 is 0 Å². The second kappa shape index (κ2) is 5.48. The molecule has 0 aliphatic rings. The second-order valence-electron chi connectivity index (χ2n) is 4.42. The van der Waals surface area contributed by atoms with Gasteiger partial charge >= 0.3 is 0 Å². The lowest BCUT2D eigenvalue weighted by atomic mass is 10.0. The van der Waals surface area contributed by atoms with Gasteiger partial charge in [0.15, 0.2) is 0 Å². The molecule has 0 heterocycles. The standard InChI is InChI=1S/C11H24OSi/c1-7-10(8-2)11(9-3)12-13(4,5)6/h9-10H,7-8H2,1-6H3. The third-order valence-corrected chi connectivity index (χ3v) is 2.94. The van der Waals surface area contributed by atoms with Gasteiger partial charge in [0.05, 0.1) is 5.76 Å². The number of rotatable bonds is 5. The van der Waals surface area contributed by atoms with Crippen molar-refractivity contribution in [2.24, 2.45) is 5.92 Å². The fourth-order valence-electron chi connectivity index (χ4n) is 1.42. The maximum Gasteiger partial charge on any atom is 0.241 e. The van der Waals surface area contributed by atoms with Gasteiger partial charge in [-0.25, -0.2) is 0 Å². The van der Waals surface area contributed by atoms with Crippen molar-refractivity contribution in [2.45, 2.75) is 53.3 Å². The first-order chi connectivity index (χ1) is 5.94. The summed E-state index contributed by atoms with van der Waals surface area (Å²) in [6, 6.07) is 0. The highest BCUT2D eigenvalue weighted by atomic mass is 28.4. The van der Waals surface area contributed by atoms with Crippen molar-refractivity contribution in [3.63, 3.8) is 0 Å². The minimum absolute atomic E-state index is 0.622. The first-order valence-electron chi connectivity index (χ1n) is 5.29. The van der Waals surface area contributed by atoms with Crippen LogP contribution in [0.15, 0.2) is 11.8 Å². The Morgan fingerprint density at radius 2 is 1.69 bits per heavy atom. The van der Waals surface area contributed by atoms with Crippen molar-refractivity contribution in [2.75, 3.05) is 0 Å². The molecule has 0 saturated carbocycles. The van der Waals surface area contributed by atoms with Crippen molar-refractivity contribution in [3.8, 4) is 0 Å². The van der Waals surface area contributed by atoms with Gasteiger partial charge in [-0.05, 0) is 39.4 Å². The summed E-state index contributed by atoms with van der Waals surface area (Å²) in [5.74, 6) is 1.83. The number of hydrogen-bond acceptors (Lipinski definition) is 1. The van der Waals surface area contributed by atoms with Crippen LogP contribution in [0.4, 0.5) is 0 Å². The van der Waals surface area contributed by atoms with Crippen molar-refractivity contribution >= 4 is 8.32 Å². The van der Waals surface area contributed by atoms with Gasteiger partial charge in [-0.15, -0.1) is 0 Å². The summed E-state index contributed by atoms with van der Waals surface area (Å²) in [7, 11) is -1.40. The van der Waals surface area contributed by atoms with Crippen LogP contribution in [0.2, 0.25) is 19.6 Å². The Balaban J connectivity index is 4.35. The molecule has 0 aromatic carbocycles. The number of hydrogen-bond donors (Lipinski definition) is 0. The van der Waals surface area contributed by atoms with Crippen molar-refractivity contribution in [1.29, 1.82) is 0 Å². The molecule has 0 aromatic rings. The van der Waals surface area contributed by atoms with Crippen molar-refractivity contribution < 1.29 is 4.43 Å². The summed E-state index contributed by atoms with van der Waals surface area (Å²) in [6.07, 6.45) is 4.50. The van der Waals surface area contributed by atoms with Gasteiger partial charge in [0, 0.05) is 5.92 Å². The Morgan fingerprint density at radius 1 is 1.23 bits per heavy atom. The highest BCUT2D eigenvalue weighted by Crippen LogP contribution is 2.23. The van der Waals surface area contributed by atoms with E-state index in [2.05, 4.69) is 46.5 Å². The van der Waals surface area contributed by atoms with E-state index in [-0.39, 0.29) is 0 Å². The lowest BCUT2D eigenvalue weighted by molar-refractivity contribution is 0.329. The van der Waals surface area contributed by atoms with Gasteiger partial charge in [0.25, 0.3) is 0 Å². The van der Waals surface area contributed by atoms with E-state index in [4.69, 9.17) is 4.43 Å². The van der Waals surface area contributed by atoms with Crippen LogP contribution >= 0.6 is 0 Å². The van der Waals surface area contributed by atoms with E-state index in [1.165, 1.54) is 18.6 Å². The molecule has 1 nitrogen and oxygen atoms in total. The molecule has 0 aromatic heterocycles. The third-order valence-electron chi connectivity index (χ3n) is 2.10. The Bertz CT molecular complexity index is 163. The monoisotopic (exact) mass is 200 g/mol. The SMILES string of the molecule is CC=C(O[Si](C)(C)C)C(CC)CC. The predicted octanol–water partition coefficient (Wildman–Crippen LogP) is 4.18. The van der Waals surface area contributed by atoms with Crippen molar-refractivity contribution in [1.82, 2.24) is 0 Å². The third kappa shape index (κ3) is 5.14. The van der Waals surface area contributed by atoms with Crippen LogP contribution in [-0.4, -0.2) is 8.32 Å². The average molecular weight is 200 g/mol. The summed E-state index contributed by atoms with van der Waals surface area (Å²) < 4.78 is 6.03. The quantitative estimate of drug-likeness (QED) is 0.478. The molecule has 2 heteroatoms. The lowest BCUT2D eigenvalue weighted by Gasteiger charge is -2.26. The van der Waals surface area contributed by atoms with Gasteiger partial charge in [-0.1, -0.05) is 19.9 Å². The lowest BCUT2D eigenvalue weighted by Crippen LogP contribution is -2.27. The molecule has 0 bridgehead atoms. The zero-order valence-electron chi connectivity index (χ0n) is 9.98. The molecule has 0 amide bonds. The molecule has 0 spiro atoms. The minimum atomic E-state index is -1.40. The zero-order valence-corrected chi connectivity index (χ0v) is 11.0. The van der Waals surface area contributed by atoms with Crippen LogP contribution in [-0.2, 0) is 4.43 Å². The largest absolute Gasteiger partial charge is 0.547 e. The van der Waals surface area contributed by atoms with Gasteiger partial charge < -0.3 is 4.43 Å². The van der Waals surface area contributed by atoms with E-state index in [0.717, 1.165) is 0 Å². The van der Waals surface area contributed by atoms with Crippen molar-refractivity contribution in [3.05, 3.63) is 11.8 Å². The number of allylic oxidation sites excluding steroid dienone is 2. The molecule has 0 radical (unpaired) electrons. The van der Waals surface area contributed by atoms with Crippen LogP contribution < -0.4 is 0 Å². The van der Waals surface area contributed by atoms with Crippen LogP contribution in [0.1, 0.15) is 33.6 Å². The minimum Gasteiger partial charge on any atom is -0.547 e. The van der Waals surface area contributed by atoms with Gasteiger partial charge in [0.2, 0.25) is 8.32 Å². The van der Waals surface area contributed by atoms with E-state index in [1.807, 2.05) is 0 Å². The molecule has 0 rings (SSSR count). The first-order valence-corrected chi connectivity index (χ1v) is 8.70. The van der Waals surface area contributed by atoms with E-state index in [1.54, 1.807) is 0 Å².